The van der Waals surface area contributed by atoms with E-state index in [2.05, 4.69) is 10.6 Å². The SMILES string of the molecule is COc1ccc(OC)c(N2C(=O)C(Cl)=C(Nc3ccc(C(=O)Nc4cccc(Cl)c4)cc3)C2=O)c1. The molecule has 35 heavy (non-hydrogen) atoms. The molecule has 2 N–H and O–H groups in total. The second kappa shape index (κ2) is 10.1. The van der Waals surface area contributed by atoms with Crippen LogP contribution in [-0.4, -0.2) is 31.9 Å². The van der Waals surface area contributed by atoms with Crippen LogP contribution >= 0.6 is 23.2 Å². The second-order valence-corrected chi connectivity index (χ2v) is 8.15. The molecule has 0 aliphatic carbocycles. The molecule has 178 valence electrons. The fourth-order valence-corrected chi connectivity index (χ4v) is 3.82. The van der Waals surface area contributed by atoms with Crippen LogP contribution < -0.4 is 25.0 Å². The summed E-state index contributed by atoms with van der Waals surface area (Å²) in [6.45, 7) is 0. The van der Waals surface area contributed by atoms with E-state index < -0.39 is 11.8 Å². The van der Waals surface area contributed by atoms with Crippen LogP contribution in [0.4, 0.5) is 17.1 Å². The predicted octanol–water partition coefficient (Wildman–Crippen LogP) is 5.05. The molecule has 0 atom stereocenters. The lowest BCUT2D eigenvalue weighted by Gasteiger charge is -2.19. The molecule has 0 radical (unpaired) electrons. The van der Waals surface area contributed by atoms with Crippen molar-refractivity contribution < 1.29 is 23.9 Å². The highest BCUT2D eigenvalue weighted by Crippen LogP contribution is 2.38. The van der Waals surface area contributed by atoms with E-state index in [1.807, 2.05) is 0 Å². The Labute approximate surface area is 211 Å². The van der Waals surface area contributed by atoms with Gasteiger partial charge in [-0.25, -0.2) is 4.90 Å². The first kappa shape index (κ1) is 24.1. The lowest BCUT2D eigenvalue weighted by atomic mass is 10.2. The van der Waals surface area contributed by atoms with E-state index in [0.717, 1.165) is 4.90 Å². The zero-order chi connectivity index (χ0) is 25.1. The summed E-state index contributed by atoms with van der Waals surface area (Å²) in [6, 6.07) is 17.9. The molecule has 0 spiro atoms. The first-order valence-electron chi connectivity index (χ1n) is 10.3. The number of methoxy groups -OCH3 is 2. The van der Waals surface area contributed by atoms with E-state index in [1.54, 1.807) is 60.7 Å². The molecule has 0 fully saturated rings. The quantitative estimate of drug-likeness (QED) is 0.431. The minimum atomic E-state index is -0.705. The van der Waals surface area contributed by atoms with Crippen LogP contribution in [0, 0.1) is 0 Å². The molecular weight excluding hydrogens is 493 g/mol. The van der Waals surface area contributed by atoms with Crippen LogP contribution in [0.25, 0.3) is 0 Å². The van der Waals surface area contributed by atoms with Crippen molar-refractivity contribution in [3.8, 4) is 11.5 Å². The van der Waals surface area contributed by atoms with E-state index in [4.69, 9.17) is 32.7 Å². The molecule has 1 heterocycles. The largest absolute Gasteiger partial charge is 0.497 e. The van der Waals surface area contributed by atoms with Crippen molar-refractivity contribution in [3.05, 3.63) is 88.0 Å². The number of carbonyl (C=O) groups is 3. The molecule has 0 saturated heterocycles. The van der Waals surface area contributed by atoms with E-state index >= 15 is 0 Å². The summed E-state index contributed by atoms with van der Waals surface area (Å²) >= 11 is 12.2. The Morgan fingerprint density at radius 1 is 0.857 bits per heavy atom. The molecule has 10 heteroatoms. The van der Waals surface area contributed by atoms with Crippen molar-refractivity contribution in [2.24, 2.45) is 0 Å². The van der Waals surface area contributed by atoms with E-state index in [9.17, 15) is 14.4 Å². The van der Waals surface area contributed by atoms with Crippen LogP contribution in [0.2, 0.25) is 5.02 Å². The minimum absolute atomic E-state index is 0.0994. The molecule has 1 aliphatic rings. The van der Waals surface area contributed by atoms with Crippen molar-refractivity contribution in [1.82, 2.24) is 0 Å². The number of benzene rings is 3. The van der Waals surface area contributed by atoms with Gasteiger partial charge in [-0.05, 0) is 54.6 Å². The van der Waals surface area contributed by atoms with Crippen LogP contribution in [0.5, 0.6) is 11.5 Å². The number of nitrogens with zero attached hydrogens (tertiary/aromatic N) is 1. The molecule has 8 nitrogen and oxygen atoms in total. The Bertz CT molecular complexity index is 1360. The number of ether oxygens (including phenoxy) is 2. The van der Waals surface area contributed by atoms with Crippen LogP contribution in [0.3, 0.4) is 0 Å². The zero-order valence-electron chi connectivity index (χ0n) is 18.6. The third-order valence-corrected chi connectivity index (χ3v) is 5.74. The van der Waals surface area contributed by atoms with Gasteiger partial charge < -0.3 is 20.1 Å². The highest BCUT2D eigenvalue weighted by molar-refractivity contribution is 6.53. The summed E-state index contributed by atoms with van der Waals surface area (Å²) in [5.41, 5.74) is 1.50. The fraction of sp³-hybridized carbons (Fsp3) is 0.0800. The molecule has 0 bridgehead atoms. The van der Waals surface area contributed by atoms with Gasteiger partial charge in [0.05, 0.1) is 19.9 Å². The lowest BCUT2D eigenvalue weighted by molar-refractivity contribution is -0.120. The van der Waals surface area contributed by atoms with Crippen molar-refractivity contribution in [2.45, 2.75) is 0 Å². The maximum atomic E-state index is 13.1. The molecule has 0 aromatic heterocycles. The maximum absolute atomic E-state index is 13.1. The number of carbonyl (C=O) groups excluding carboxylic acids is 3. The molecular formula is C25H19Cl2N3O5. The van der Waals surface area contributed by atoms with Gasteiger partial charge in [0.25, 0.3) is 17.7 Å². The van der Waals surface area contributed by atoms with Crippen molar-refractivity contribution in [2.75, 3.05) is 29.8 Å². The topological polar surface area (TPSA) is 97.0 Å². The first-order chi connectivity index (χ1) is 16.8. The summed E-state index contributed by atoms with van der Waals surface area (Å²) in [5, 5.41) is 5.86. The van der Waals surface area contributed by atoms with Gasteiger partial charge in [-0.1, -0.05) is 29.3 Å². The summed E-state index contributed by atoms with van der Waals surface area (Å²) in [7, 11) is 2.89. The molecule has 0 unspecified atom stereocenters. The number of hydrogen-bond donors (Lipinski definition) is 2. The average Bonchev–Trinajstić information content (AvgIpc) is 3.07. The number of amides is 3. The molecule has 0 saturated carbocycles. The van der Waals surface area contributed by atoms with E-state index in [0.29, 0.717) is 33.5 Å². The number of halogens is 2. The highest BCUT2D eigenvalue weighted by atomic mass is 35.5. The number of anilines is 3. The Morgan fingerprint density at radius 3 is 2.26 bits per heavy atom. The third kappa shape index (κ3) is 4.94. The number of rotatable bonds is 7. The normalized spacial score (nSPS) is 13.2. The maximum Gasteiger partial charge on any atom is 0.283 e. The Kier molecular flexibility index (Phi) is 6.95. The Morgan fingerprint density at radius 2 is 1.60 bits per heavy atom. The molecule has 4 rings (SSSR count). The summed E-state index contributed by atoms with van der Waals surface area (Å²) < 4.78 is 10.5. The van der Waals surface area contributed by atoms with Gasteiger partial charge >= 0.3 is 0 Å². The Balaban J connectivity index is 1.52. The highest BCUT2D eigenvalue weighted by Gasteiger charge is 2.40. The molecule has 1 aliphatic heterocycles. The van der Waals surface area contributed by atoms with E-state index in [-0.39, 0.29) is 22.3 Å². The molecule has 3 aromatic rings. The van der Waals surface area contributed by atoms with Crippen molar-refractivity contribution >= 4 is 58.0 Å². The number of imide groups is 1. The van der Waals surface area contributed by atoms with Crippen LogP contribution in [0.1, 0.15) is 10.4 Å². The van der Waals surface area contributed by atoms with Crippen LogP contribution in [-0.2, 0) is 9.59 Å². The van der Waals surface area contributed by atoms with Gasteiger partial charge in [0.15, 0.2) is 0 Å². The smallest absolute Gasteiger partial charge is 0.283 e. The molecule has 3 aromatic carbocycles. The van der Waals surface area contributed by atoms with Crippen molar-refractivity contribution in [1.29, 1.82) is 0 Å². The summed E-state index contributed by atoms with van der Waals surface area (Å²) in [5.74, 6) is -0.962. The van der Waals surface area contributed by atoms with Gasteiger partial charge in [0.1, 0.15) is 22.2 Å². The summed E-state index contributed by atoms with van der Waals surface area (Å²) in [6.07, 6.45) is 0. The monoisotopic (exact) mass is 511 g/mol. The average molecular weight is 512 g/mol. The van der Waals surface area contributed by atoms with E-state index in [1.165, 1.54) is 20.3 Å². The zero-order valence-corrected chi connectivity index (χ0v) is 20.1. The Hall–Kier alpha value is -4.01. The summed E-state index contributed by atoms with van der Waals surface area (Å²) in [4.78, 5) is 39.4. The van der Waals surface area contributed by atoms with Crippen molar-refractivity contribution in [3.63, 3.8) is 0 Å². The third-order valence-electron chi connectivity index (χ3n) is 5.15. The minimum Gasteiger partial charge on any atom is -0.497 e. The number of nitrogens with one attached hydrogen (secondary N) is 2. The van der Waals surface area contributed by atoms with Crippen LogP contribution in [0.15, 0.2) is 77.5 Å². The second-order valence-electron chi connectivity index (χ2n) is 7.34. The first-order valence-corrected chi connectivity index (χ1v) is 11.0. The molecule has 3 amide bonds. The van der Waals surface area contributed by atoms with Gasteiger partial charge in [-0.15, -0.1) is 0 Å². The van der Waals surface area contributed by atoms with Gasteiger partial charge in [0, 0.05) is 28.0 Å². The predicted molar refractivity (Wildman–Crippen MR) is 134 cm³/mol. The van der Waals surface area contributed by atoms with Gasteiger partial charge in [-0.2, -0.15) is 0 Å². The van der Waals surface area contributed by atoms with Gasteiger partial charge in [-0.3, -0.25) is 14.4 Å². The lowest BCUT2D eigenvalue weighted by Crippen LogP contribution is -2.32. The number of hydrogen-bond acceptors (Lipinski definition) is 6. The standard InChI is InChI=1S/C25H19Cl2N3O5/c1-34-18-10-11-20(35-2)19(13-18)30-24(32)21(27)22(25(30)33)28-16-8-6-14(7-9-16)23(31)29-17-5-3-4-15(26)12-17/h3-13,28H,1-2H3,(H,29,31). The fourth-order valence-electron chi connectivity index (χ4n) is 3.42. The van der Waals surface area contributed by atoms with Gasteiger partial charge in [0.2, 0.25) is 0 Å².